The first kappa shape index (κ1) is 18.4. The number of hydrazone groups is 1. The predicted octanol–water partition coefficient (Wildman–Crippen LogP) is 2.77. The van der Waals surface area contributed by atoms with Crippen LogP contribution in [0.1, 0.15) is 18.0 Å². The Morgan fingerprint density at radius 1 is 1.23 bits per heavy atom. The SMILES string of the molecule is O=C1COc2cc(F)c(OC3CN(C(=O)N4N=CC[C@@H]4c4ccccc4)C3)cc2N1. The largest absolute Gasteiger partial charge is 0.484 e. The minimum atomic E-state index is -0.581. The summed E-state index contributed by atoms with van der Waals surface area (Å²) in [5.74, 6) is -0.607. The number of likely N-dealkylation sites (tertiary alicyclic amines) is 1. The zero-order chi connectivity index (χ0) is 20.7. The fourth-order valence-corrected chi connectivity index (χ4v) is 3.72. The van der Waals surface area contributed by atoms with Crippen LogP contribution in [-0.2, 0) is 4.79 Å². The van der Waals surface area contributed by atoms with E-state index in [1.165, 1.54) is 17.1 Å². The summed E-state index contributed by atoms with van der Waals surface area (Å²) >= 11 is 0. The van der Waals surface area contributed by atoms with Crippen molar-refractivity contribution in [1.29, 1.82) is 0 Å². The third-order valence-electron chi connectivity index (χ3n) is 5.29. The molecule has 1 saturated heterocycles. The first-order chi connectivity index (χ1) is 14.6. The van der Waals surface area contributed by atoms with Crippen molar-refractivity contribution >= 4 is 23.8 Å². The maximum Gasteiger partial charge on any atom is 0.341 e. The van der Waals surface area contributed by atoms with Crippen LogP contribution >= 0.6 is 0 Å². The van der Waals surface area contributed by atoms with Crippen molar-refractivity contribution in [3.63, 3.8) is 0 Å². The molecule has 1 N–H and O–H groups in total. The van der Waals surface area contributed by atoms with Gasteiger partial charge >= 0.3 is 6.03 Å². The van der Waals surface area contributed by atoms with Crippen molar-refractivity contribution in [3.8, 4) is 11.5 Å². The van der Waals surface area contributed by atoms with Crippen molar-refractivity contribution in [1.82, 2.24) is 9.91 Å². The lowest BCUT2D eigenvalue weighted by Gasteiger charge is -2.41. The van der Waals surface area contributed by atoms with Crippen molar-refractivity contribution in [2.45, 2.75) is 18.6 Å². The van der Waals surface area contributed by atoms with Crippen LogP contribution in [0, 0.1) is 5.82 Å². The average Bonchev–Trinajstić information content (AvgIpc) is 3.21. The van der Waals surface area contributed by atoms with Gasteiger partial charge in [0, 0.05) is 24.8 Å². The van der Waals surface area contributed by atoms with Crippen LogP contribution in [0.25, 0.3) is 0 Å². The minimum absolute atomic E-state index is 0.0120. The number of rotatable bonds is 3. The summed E-state index contributed by atoms with van der Waals surface area (Å²) < 4.78 is 25.2. The quantitative estimate of drug-likeness (QED) is 0.844. The number of carbonyl (C=O) groups is 2. The van der Waals surface area contributed by atoms with E-state index in [2.05, 4.69) is 10.4 Å². The molecule has 1 atom stereocenters. The molecule has 0 bridgehead atoms. The van der Waals surface area contributed by atoms with Crippen LogP contribution < -0.4 is 14.8 Å². The third kappa shape index (κ3) is 3.32. The molecule has 154 valence electrons. The Morgan fingerprint density at radius 3 is 2.83 bits per heavy atom. The van der Waals surface area contributed by atoms with Crippen LogP contribution in [0.2, 0.25) is 0 Å². The summed E-state index contributed by atoms with van der Waals surface area (Å²) in [6.07, 6.45) is 2.06. The molecule has 1 fully saturated rings. The number of amides is 3. The second-order valence-corrected chi connectivity index (χ2v) is 7.35. The van der Waals surface area contributed by atoms with Crippen LogP contribution in [0.3, 0.4) is 0 Å². The van der Waals surface area contributed by atoms with Gasteiger partial charge in [0.05, 0.1) is 24.8 Å². The molecular weight excluding hydrogens is 391 g/mol. The van der Waals surface area contributed by atoms with E-state index in [1.54, 1.807) is 11.1 Å². The molecule has 3 aliphatic heterocycles. The van der Waals surface area contributed by atoms with Crippen LogP contribution in [0.4, 0.5) is 14.9 Å². The lowest BCUT2D eigenvalue weighted by molar-refractivity contribution is -0.118. The summed E-state index contributed by atoms with van der Waals surface area (Å²) in [6, 6.07) is 12.0. The zero-order valence-electron chi connectivity index (χ0n) is 16.0. The summed E-state index contributed by atoms with van der Waals surface area (Å²) in [5, 5.41) is 8.34. The van der Waals surface area contributed by atoms with E-state index in [-0.39, 0.29) is 42.2 Å². The molecule has 0 aliphatic carbocycles. The molecule has 3 heterocycles. The topological polar surface area (TPSA) is 83.5 Å². The summed E-state index contributed by atoms with van der Waals surface area (Å²) in [6.45, 7) is 0.507. The number of urea groups is 1. The van der Waals surface area contributed by atoms with Crippen molar-refractivity contribution in [2.24, 2.45) is 5.10 Å². The molecule has 0 saturated carbocycles. The highest BCUT2D eigenvalue weighted by atomic mass is 19.1. The maximum absolute atomic E-state index is 14.3. The number of halogens is 1. The van der Waals surface area contributed by atoms with Gasteiger partial charge in [-0.3, -0.25) is 4.79 Å². The number of ether oxygens (including phenoxy) is 2. The highest BCUT2D eigenvalue weighted by molar-refractivity contribution is 5.95. The van der Waals surface area contributed by atoms with E-state index >= 15 is 0 Å². The molecule has 2 aromatic rings. The van der Waals surface area contributed by atoms with E-state index in [1.807, 2.05) is 30.3 Å². The maximum atomic E-state index is 14.3. The predicted molar refractivity (Wildman–Crippen MR) is 106 cm³/mol. The van der Waals surface area contributed by atoms with Crippen LogP contribution in [-0.4, -0.2) is 53.9 Å². The lowest BCUT2D eigenvalue weighted by Crippen LogP contribution is -2.58. The van der Waals surface area contributed by atoms with Crippen molar-refractivity contribution in [3.05, 3.63) is 53.8 Å². The molecule has 30 heavy (non-hydrogen) atoms. The monoisotopic (exact) mass is 410 g/mol. The summed E-state index contributed by atoms with van der Waals surface area (Å²) in [4.78, 5) is 25.9. The van der Waals surface area contributed by atoms with Gasteiger partial charge < -0.3 is 19.7 Å². The fraction of sp³-hybridized carbons (Fsp3) is 0.286. The molecule has 0 unspecified atom stereocenters. The first-order valence-corrected chi connectivity index (χ1v) is 9.67. The van der Waals surface area contributed by atoms with Crippen molar-refractivity contribution < 1.29 is 23.5 Å². The molecule has 3 aliphatic rings. The number of nitrogens with one attached hydrogen (secondary N) is 1. The molecule has 0 radical (unpaired) electrons. The molecule has 3 amide bonds. The Morgan fingerprint density at radius 2 is 2.03 bits per heavy atom. The fourth-order valence-electron chi connectivity index (χ4n) is 3.72. The molecule has 0 spiro atoms. The number of nitrogens with zero attached hydrogens (tertiary/aromatic N) is 3. The highest BCUT2D eigenvalue weighted by Crippen LogP contribution is 2.35. The molecule has 9 heteroatoms. The number of hydrogen-bond donors (Lipinski definition) is 1. The smallest absolute Gasteiger partial charge is 0.341 e. The number of hydrogen-bond acceptors (Lipinski definition) is 5. The van der Waals surface area contributed by atoms with Gasteiger partial charge in [0.1, 0.15) is 11.9 Å². The van der Waals surface area contributed by atoms with Gasteiger partial charge in [-0.05, 0) is 5.56 Å². The molecule has 5 rings (SSSR count). The average molecular weight is 410 g/mol. The Bertz CT molecular complexity index is 1020. The molecule has 2 aromatic carbocycles. The van der Waals surface area contributed by atoms with Crippen LogP contribution in [0.5, 0.6) is 11.5 Å². The minimum Gasteiger partial charge on any atom is -0.484 e. The van der Waals surface area contributed by atoms with E-state index < -0.39 is 5.82 Å². The van der Waals surface area contributed by atoms with E-state index in [9.17, 15) is 14.0 Å². The summed E-state index contributed by atoms with van der Waals surface area (Å²) in [7, 11) is 0. The zero-order valence-corrected chi connectivity index (χ0v) is 16.0. The Balaban J connectivity index is 1.22. The van der Waals surface area contributed by atoms with Gasteiger partial charge in [-0.15, -0.1) is 0 Å². The van der Waals surface area contributed by atoms with E-state index in [0.717, 1.165) is 5.56 Å². The van der Waals surface area contributed by atoms with Gasteiger partial charge in [-0.25, -0.2) is 14.2 Å². The second kappa shape index (κ2) is 7.33. The van der Waals surface area contributed by atoms with Gasteiger partial charge in [-0.2, -0.15) is 5.10 Å². The molecular formula is C21H19FN4O4. The number of fused-ring (bicyclic) bond motifs is 1. The van der Waals surface area contributed by atoms with Gasteiger partial charge in [0.25, 0.3) is 5.91 Å². The number of benzene rings is 2. The second-order valence-electron chi connectivity index (χ2n) is 7.35. The number of anilines is 1. The summed E-state index contributed by atoms with van der Waals surface area (Å²) in [5.41, 5.74) is 1.39. The first-order valence-electron chi connectivity index (χ1n) is 9.67. The van der Waals surface area contributed by atoms with Gasteiger partial charge in [0.2, 0.25) is 0 Å². The van der Waals surface area contributed by atoms with Gasteiger partial charge in [0.15, 0.2) is 18.2 Å². The Hall–Kier alpha value is -3.62. The standard InChI is InChI=1S/C21H19FN4O4/c22-15-8-19-16(24-20(27)12-29-19)9-18(15)30-14-10-25(11-14)21(28)26-17(6-7-23-26)13-4-2-1-3-5-13/h1-5,7-9,14,17H,6,10-12H2,(H,24,27)/t17-/m1/s1. The Kier molecular flexibility index (Phi) is 4.50. The third-order valence-corrected chi connectivity index (χ3v) is 5.29. The normalized spacial score (nSPS) is 20.3. The molecule has 8 nitrogen and oxygen atoms in total. The van der Waals surface area contributed by atoms with Gasteiger partial charge in [-0.1, -0.05) is 30.3 Å². The highest BCUT2D eigenvalue weighted by Gasteiger charge is 2.39. The Labute approximate surface area is 171 Å². The van der Waals surface area contributed by atoms with Crippen LogP contribution in [0.15, 0.2) is 47.6 Å². The lowest BCUT2D eigenvalue weighted by atomic mass is 10.0. The number of carbonyl (C=O) groups excluding carboxylic acids is 2. The van der Waals surface area contributed by atoms with E-state index in [4.69, 9.17) is 9.47 Å². The molecule has 0 aromatic heterocycles. The van der Waals surface area contributed by atoms with Crippen molar-refractivity contribution in [2.75, 3.05) is 25.0 Å². The van der Waals surface area contributed by atoms with E-state index in [0.29, 0.717) is 25.2 Å².